The van der Waals surface area contributed by atoms with E-state index in [1.807, 2.05) is 0 Å². The first kappa shape index (κ1) is 35.1. The van der Waals surface area contributed by atoms with Crippen LogP contribution in [-0.2, 0) is 26.0 Å². The molecule has 2 saturated heterocycles. The summed E-state index contributed by atoms with van der Waals surface area (Å²) in [5, 5.41) is 2.93. The van der Waals surface area contributed by atoms with Crippen molar-refractivity contribution >= 4 is 44.9 Å². The van der Waals surface area contributed by atoms with Crippen molar-refractivity contribution in [1.29, 1.82) is 0 Å². The number of aryl methyl sites for hydroxylation is 1. The highest BCUT2D eigenvalue weighted by Gasteiger charge is 2.45. The molecule has 3 fully saturated rings. The molecule has 0 unspecified atom stereocenters. The van der Waals surface area contributed by atoms with Gasteiger partial charge in [0.1, 0.15) is 24.2 Å². The minimum absolute atomic E-state index is 0.124. The van der Waals surface area contributed by atoms with Crippen LogP contribution in [-0.4, -0.2) is 82.4 Å². The van der Waals surface area contributed by atoms with Crippen LogP contribution in [0.25, 0.3) is 0 Å². The number of halogens is 2. The van der Waals surface area contributed by atoms with Crippen molar-refractivity contribution in [2.45, 2.75) is 77.2 Å². The van der Waals surface area contributed by atoms with Crippen LogP contribution in [0.1, 0.15) is 74.7 Å². The zero-order chi connectivity index (χ0) is 35.0. The average molecular weight is 705 g/mol. The van der Waals surface area contributed by atoms with Gasteiger partial charge in [0.15, 0.2) is 11.6 Å². The van der Waals surface area contributed by atoms with Crippen molar-refractivity contribution in [3.8, 4) is 5.75 Å². The second-order valence-electron chi connectivity index (χ2n) is 14.1. The Morgan fingerprint density at radius 1 is 1.04 bits per heavy atom. The molecule has 4 N–H and O–H groups in total. The molecule has 1 aromatic carbocycles. The van der Waals surface area contributed by atoms with Crippen molar-refractivity contribution in [1.82, 2.24) is 4.98 Å². The van der Waals surface area contributed by atoms with E-state index in [4.69, 9.17) is 20.2 Å². The number of rotatable bonds is 11. The van der Waals surface area contributed by atoms with Crippen LogP contribution in [0.2, 0.25) is 0 Å². The topological polar surface area (TPSA) is 156 Å². The molecule has 12 nitrogen and oxygen atoms in total. The van der Waals surface area contributed by atoms with Crippen LogP contribution < -0.4 is 30.3 Å². The Morgan fingerprint density at radius 2 is 1.73 bits per heavy atom. The van der Waals surface area contributed by atoms with Crippen LogP contribution in [0.3, 0.4) is 0 Å². The maximum Gasteiger partial charge on any atom is 0.323 e. The molecule has 49 heavy (non-hydrogen) atoms. The molecule has 0 bridgehead atoms. The van der Waals surface area contributed by atoms with Gasteiger partial charge in [-0.1, -0.05) is 13.8 Å². The lowest BCUT2D eigenvalue weighted by Gasteiger charge is -2.35. The zero-order valence-electron chi connectivity index (χ0n) is 28.1. The lowest BCUT2D eigenvalue weighted by molar-refractivity contribution is -0.145. The summed E-state index contributed by atoms with van der Waals surface area (Å²) < 4.78 is 67.4. The summed E-state index contributed by atoms with van der Waals surface area (Å²) in [6.45, 7) is 5.40. The Morgan fingerprint density at radius 3 is 2.41 bits per heavy atom. The van der Waals surface area contributed by atoms with Gasteiger partial charge >= 0.3 is 5.97 Å². The first-order chi connectivity index (χ1) is 23.2. The van der Waals surface area contributed by atoms with Gasteiger partial charge in [0.2, 0.25) is 10.0 Å². The number of carbonyl (C=O) groups is 2. The molecule has 1 amide bonds. The fraction of sp³-hybridized carbons (Fsp3) is 0.618. The van der Waals surface area contributed by atoms with Gasteiger partial charge in [-0.05, 0) is 74.1 Å². The third-order valence-corrected chi connectivity index (χ3v) is 11.4. The molecular formula is C34H46F2N6O6S. The number of nitrogens with one attached hydrogen (secondary N) is 2. The van der Waals surface area contributed by atoms with E-state index in [1.54, 1.807) is 36.9 Å². The molecular weight excluding hydrogens is 658 g/mol. The van der Waals surface area contributed by atoms with Gasteiger partial charge in [-0.25, -0.2) is 22.2 Å². The number of fused-ring (bicyclic) bond motifs is 1. The van der Waals surface area contributed by atoms with Crippen molar-refractivity contribution in [2.24, 2.45) is 17.1 Å². The van der Waals surface area contributed by atoms with E-state index in [0.29, 0.717) is 47.1 Å². The predicted molar refractivity (Wildman–Crippen MR) is 183 cm³/mol. The molecule has 4 aliphatic rings. The maximum atomic E-state index is 14.0. The van der Waals surface area contributed by atoms with Crippen LogP contribution >= 0.6 is 0 Å². The fourth-order valence-corrected chi connectivity index (χ4v) is 7.55. The lowest BCUT2D eigenvalue weighted by atomic mass is 9.93. The second-order valence-corrected chi connectivity index (χ2v) is 16.0. The number of sulfonamides is 1. The van der Waals surface area contributed by atoms with Crippen molar-refractivity contribution in [2.75, 3.05) is 65.0 Å². The summed E-state index contributed by atoms with van der Waals surface area (Å²) >= 11 is 0. The number of anilines is 4. The molecule has 268 valence electrons. The highest BCUT2D eigenvalue weighted by Crippen LogP contribution is 2.54. The summed E-state index contributed by atoms with van der Waals surface area (Å²) in [4.78, 5) is 34.6. The Kier molecular flexibility index (Phi) is 9.95. The number of carbonyl (C=O) groups excluding carboxylic acids is 2. The molecule has 3 aliphatic heterocycles. The monoisotopic (exact) mass is 704 g/mol. The number of ether oxygens (including phenoxy) is 2. The molecule has 1 aliphatic carbocycles. The number of esters is 1. The molecule has 1 saturated carbocycles. The molecule has 15 heteroatoms. The summed E-state index contributed by atoms with van der Waals surface area (Å²) in [5.41, 5.74) is 8.23. The van der Waals surface area contributed by atoms with Gasteiger partial charge in [0, 0.05) is 44.6 Å². The minimum atomic E-state index is -3.91. The molecule has 1 spiro atoms. The summed E-state index contributed by atoms with van der Waals surface area (Å²) in [7, 11) is -3.91. The van der Waals surface area contributed by atoms with Crippen molar-refractivity contribution in [3.63, 3.8) is 0 Å². The van der Waals surface area contributed by atoms with Crippen LogP contribution in [0.15, 0.2) is 24.3 Å². The Bertz CT molecular complexity index is 1670. The molecule has 1 atom stereocenters. The van der Waals surface area contributed by atoms with Crippen LogP contribution in [0.5, 0.6) is 5.75 Å². The van der Waals surface area contributed by atoms with E-state index in [1.165, 1.54) is 18.9 Å². The van der Waals surface area contributed by atoms with Crippen molar-refractivity contribution < 1.29 is 36.3 Å². The molecule has 0 radical (unpaired) electrons. The Balaban J connectivity index is 1.22. The van der Waals surface area contributed by atoms with Gasteiger partial charge < -0.3 is 30.3 Å². The predicted octanol–water partition coefficient (Wildman–Crippen LogP) is 4.54. The van der Waals surface area contributed by atoms with Crippen molar-refractivity contribution in [3.05, 3.63) is 35.4 Å². The molecule has 1 aromatic heterocycles. The van der Waals surface area contributed by atoms with Gasteiger partial charge in [-0.2, -0.15) is 0 Å². The van der Waals surface area contributed by atoms with E-state index >= 15 is 0 Å². The third kappa shape index (κ3) is 8.36. The van der Waals surface area contributed by atoms with Gasteiger partial charge in [-0.15, -0.1) is 0 Å². The summed E-state index contributed by atoms with van der Waals surface area (Å²) in [6.07, 6.45) is 5.29. The number of nitrogens with zero attached hydrogens (tertiary/aromatic N) is 3. The van der Waals surface area contributed by atoms with E-state index < -0.39 is 39.6 Å². The van der Waals surface area contributed by atoms with Crippen LogP contribution in [0, 0.1) is 11.3 Å². The third-order valence-electron chi connectivity index (χ3n) is 10.1. The summed E-state index contributed by atoms with van der Waals surface area (Å²) in [6, 6.07) is 5.70. The number of hydrogen-bond acceptors (Lipinski definition) is 10. The van der Waals surface area contributed by atoms with E-state index in [2.05, 4.69) is 14.9 Å². The largest absolute Gasteiger partial charge is 0.489 e. The average Bonchev–Trinajstić information content (AvgIpc) is 3.82. The van der Waals surface area contributed by atoms with E-state index in [-0.39, 0.29) is 44.1 Å². The number of hydrogen-bond donors (Lipinski definition) is 3. The van der Waals surface area contributed by atoms with E-state index in [9.17, 15) is 26.8 Å². The molecule has 6 rings (SSSR count). The Labute approximate surface area is 286 Å². The standard InChI is InChI=1S/C34H46F2N6O6S/c1-22(2)28(37)32(44)48-18-19-49(45,46)40-24-5-6-25(26(21-24)41-13-9-33(7-8-33)10-14-41)31(43)39-27-20-23-4-3-17-47-29(23)30(38-27)42-15-11-34(35,36)12-16-42/h5-6,20-22,28,40H,3-4,7-19,37H2,1-2H3,(H,38,39,43)/t28-/m1/s1. The highest BCUT2D eigenvalue weighted by atomic mass is 32.2. The molecule has 2 aromatic rings. The van der Waals surface area contributed by atoms with E-state index in [0.717, 1.165) is 37.9 Å². The number of nitrogens with two attached hydrogens (primary N) is 1. The highest BCUT2D eigenvalue weighted by molar-refractivity contribution is 7.92. The van der Waals surface area contributed by atoms with Gasteiger partial charge in [-0.3, -0.25) is 14.3 Å². The molecule has 4 heterocycles. The number of alkyl halides is 2. The normalized spacial score (nSPS) is 20.3. The van der Waals surface area contributed by atoms with Gasteiger partial charge in [0.05, 0.1) is 23.5 Å². The smallest absolute Gasteiger partial charge is 0.323 e. The summed E-state index contributed by atoms with van der Waals surface area (Å²) in [5.74, 6) is -3.09. The SMILES string of the molecule is CC(C)[C@@H](N)C(=O)OCCS(=O)(=O)Nc1ccc(C(=O)Nc2cc3c(c(N4CCC(F)(F)CC4)n2)OCCC3)c(N2CCC3(CC2)CC3)c1. The minimum Gasteiger partial charge on any atom is -0.489 e. The number of piperidine rings is 2. The number of pyridine rings is 1. The lowest BCUT2D eigenvalue weighted by Crippen LogP contribution is -2.40. The Hall–Kier alpha value is -3.72. The number of aromatic nitrogens is 1. The maximum absolute atomic E-state index is 14.0. The fourth-order valence-electron chi connectivity index (χ4n) is 6.66. The first-order valence-corrected chi connectivity index (χ1v) is 18.8. The second kappa shape index (κ2) is 13.9. The first-order valence-electron chi connectivity index (χ1n) is 17.2. The van der Waals surface area contributed by atoms with Gasteiger partial charge in [0.25, 0.3) is 11.8 Å². The quantitative estimate of drug-likeness (QED) is 0.284. The zero-order valence-corrected chi connectivity index (χ0v) is 28.9. The number of benzene rings is 1. The van der Waals surface area contributed by atoms with Crippen LogP contribution in [0.4, 0.5) is 31.8 Å². The number of amides is 1.